The van der Waals surface area contributed by atoms with Crippen molar-refractivity contribution in [3.8, 4) is 0 Å². The van der Waals surface area contributed by atoms with E-state index in [1.54, 1.807) is 6.20 Å². The molecule has 0 bridgehead atoms. The molecule has 20 heavy (non-hydrogen) atoms. The van der Waals surface area contributed by atoms with Gasteiger partial charge in [0.2, 0.25) is 0 Å². The normalized spacial score (nSPS) is 22.1. The Hall–Kier alpha value is -1.61. The fourth-order valence-corrected chi connectivity index (χ4v) is 3.21. The topological polar surface area (TPSA) is 42.0 Å². The van der Waals surface area contributed by atoms with Gasteiger partial charge in [0.1, 0.15) is 0 Å². The number of aromatic nitrogens is 1. The zero-order valence-electron chi connectivity index (χ0n) is 11.2. The first-order valence-corrected chi connectivity index (χ1v) is 7.45. The first-order chi connectivity index (χ1) is 9.75. The summed E-state index contributed by atoms with van der Waals surface area (Å²) in [6.07, 6.45) is 5.05. The lowest BCUT2D eigenvalue weighted by atomic mass is 10.1. The molecule has 0 saturated heterocycles. The van der Waals surface area contributed by atoms with Crippen LogP contribution in [0.5, 0.6) is 0 Å². The second-order valence-corrected chi connectivity index (χ2v) is 5.85. The zero-order chi connectivity index (χ0) is 13.9. The largest absolute Gasteiger partial charge is 0.352 e. The Labute approximate surface area is 123 Å². The average Bonchev–Trinajstić information content (AvgIpc) is 2.89. The van der Waals surface area contributed by atoms with Gasteiger partial charge < -0.3 is 5.32 Å². The number of alkyl halides is 1. The van der Waals surface area contributed by atoms with Gasteiger partial charge in [0.25, 0.3) is 5.91 Å². The third-order valence-electron chi connectivity index (χ3n) is 3.98. The van der Waals surface area contributed by atoms with Crippen LogP contribution in [0.1, 0.15) is 29.6 Å². The van der Waals surface area contributed by atoms with Crippen molar-refractivity contribution in [3.63, 3.8) is 0 Å². The van der Waals surface area contributed by atoms with Crippen LogP contribution in [-0.4, -0.2) is 22.8 Å². The first kappa shape index (κ1) is 13.4. The van der Waals surface area contributed by atoms with Gasteiger partial charge in [-0.15, -0.1) is 11.6 Å². The fourth-order valence-electron chi connectivity index (χ4n) is 2.84. The summed E-state index contributed by atoms with van der Waals surface area (Å²) in [6, 6.07) is 9.40. The number of benzene rings is 1. The number of fused-ring (bicyclic) bond motifs is 1. The molecule has 1 N–H and O–H groups in total. The fraction of sp³-hybridized carbons (Fsp3) is 0.375. The molecule has 1 aliphatic rings. The second-order valence-electron chi connectivity index (χ2n) is 5.29. The van der Waals surface area contributed by atoms with Gasteiger partial charge in [-0.3, -0.25) is 9.78 Å². The molecule has 1 heterocycles. The summed E-state index contributed by atoms with van der Waals surface area (Å²) in [5.74, 6) is 0.355. The Balaban J connectivity index is 1.75. The van der Waals surface area contributed by atoms with Crippen LogP contribution in [0.4, 0.5) is 0 Å². The molecule has 4 heteroatoms. The summed E-state index contributed by atoms with van der Waals surface area (Å²) in [4.78, 5) is 16.6. The summed E-state index contributed by atoms with van der Waals surface area (Å²) in [5.41, 5.74) is 1.52. The number of nitrogens with zero attached hydrogens (tertiary/aromatic N) is 1. The van der Waals surface area contributed by atoms with Crippen molar-refractivity contribution in [1.82, 2.24) is 10.3 Å². The molecule has 0 spiro atoms. The van der Waals surface area contributed by atoms with Crippen LogP contribution < -0.4 is 5.32 Å². The summed E-state index contributed by atoms with van der Waals surface area (Å²) in [6.45, 7) is 0.656. The molecule has 104 valence electrons. The third kappa shape index (κ3) is 2.63. The van der Waals surface area contributed by atoms with Crippen LogP contribution in [0.2, 0.25) is 0 Å². The molecule has 1 fully saturated rings. The van der Waals surface area contributed by atoms with E-state index in [2.05, 4.69) is 10.3 Å². The summed E-state index contributed by atoms with van der Waals surface area (Å²) in [7, 11) is 0. The highest BCUT2D eigenvalue weighted by Gasteiger charge is 2.25. The van der Waals surface area contributed by atoms with E-state index in [1.165, 1.54) is 0 Å². The lowest BCUT2D eigenvalue weighted by Crippen LogP contribution is -2.31. The number of carbonyl (C=O) groups excluding carboxylic acids is 1. The molecule has 1 saturated carbocycles. The molecule has 1 amide bonds. The molecular formula is C16H17ClN2O. The number of hydrogen-bond donors (Lipinski definition) is 1. The van der Waals surface area contributed by atoms with Crippen LogP contribution in [0.15, 0.2) is 36.5 Å². The minimum absolute atomic E-state index is 0.0423. The Morgan fingerprint density at radius 2 is 2.20 bits per heavy atom. The first-order valence-electron chi connectivity index (χ1n) is 7.02. The van der Waals surface area contributed by atoms with Gasteiger partial charge in [0, 0.05) is 29.1 Å². The van der Waals surface area contributed by atoms with Gasteiger partial charge in [-0.05, 0) is 37.0 Å². The standard InChI is InChI=1S/C16H17ClN2O/c17-14-7-1-4-11(14)10-19-16(20)13-5-2-8-15-12(13)6-3-9-18-15/h2-3,5-6,8-9,11,14H,1,4,7,10H2,(H,19,20). The molecule has 3 rings (SSSR count). The summed E-state index contributed by atoms with van der Waals surface area (Å²) in [5, 5.41) is 4.10. The van der Waals surface area contributed by atoms with Crippen molar-refractivity contribution in [1.29, 1.82) is 0 Å². The minimum atomic E-state index is -0.0423. The zero-order valence-corrected chi connectivity index (χ0v) is 11.9. The van der Waals surface area contributed by atoms with Crippen molar-refractivity contribution in [2.75, 3.05) is 6.54 Å². The maximum atomic E-state index is 12.3. The molecule has 3 nitrogen and oxygen atoms in total. The van der Waals surface area contributed by atoms with Gasteiger partial charge in [0.15, 0.2) is 0 Å². The van der Waals surface area contributed by atoms with Crippen LogP contribution in [0.3, 0.4) is 0 Å². The molecule has 0 aliphatic heterocycles. The van der Waals surface area contributed by atoms with E-state index >= 15 is 0 Å². The number of rotatable bonds is 3. The Morgan fingerprint density at radius 1 is 1.30 bits per heavy atom. The van der Waals surface area contributed by atoms with E-state index in [9.17, 15) is 4.79 Å². The minimum Gasteiger partial charge on any atom is -0.352 e. The van der Waals surface area contributed by atoms with E-state index in [0.29, 0.717) is 18.0 Å². The lowest BCUT2D eigenvalue weighted by molar-refractivity contribution is 0.0949. The summed E-state index contributed by atoms with van der Waals surface area (Å²) < 4.78 is 0. The lowest BCUT2D eigenvalue weighted by Gasteiger charge is -2.15. The van der Waals surface area contributed by atoms with Crippen molar-refractivity contribution in [2.45, 2.75) is 24.6 Å². The van der Waals surface area contributed by atoms with Gasteiger partial charge >= 0.3 is 0 Å². The van der Waals surface area contributed by atoms with Gasteiger partial charge in [-0.1, -0.05) is 18.6 Å². The molecule has 1 aliphatic carbocycles. The second kappa shape index (κ2) is 5.80. The van der Waals surface area contributed by atoms with E-state index in [-0.39, 0.29) is 11.3 Å². The predicted molar refractivity (Wildman–Crippen MR) is 81.1 cm³/mol. The SMILES string of the molecule is O=C(NCC1CCCC1Cl)c1cccc2ncccc12. The van der Waals surface area contributed by atoms with Crippen molar-refractivity contribution < 1.29 is 4.79 Å². The number of pyridine rings is 1. The molecule has 2 unspecified atom stereocenters. The quantitative estimate of drug-likeness (QED) is 0.880. The van der Waals surface area contributed by atoms with E-state index in [4.69, 9.17) is 11.6 Å². The predicted octanol–water partition coefficient (Wildman–Crippen LogP) is 3.37. The van der Waals surface area contributed by atoms with Crippen LogP contribution in [0.25, 0.3) is 10.9 Å². The van der Waals surface area contributed by atoms with Crippen molar-refractivity contribution in [2.24, 2.45) is 5.92 Å². The molecule has 1 aromatic carbocycles. The Kier molecular flexibility index (Phi) is 3.88. The van der Waals surface area contributed by atoms with Crippen LogP contribution in [-0.2, 0) is 0 Å². The number of carbonyl (C=O) groups is 1. The highest BCUT2D eigenvalue weighted by atomic mass is 35.5. The Bertz CT molecular complexity index is 623. The molecule has 1 aromatic heterocycles. The smallest absolute Gasteiger partial charge is 0.251 e. The number of halogens is 1. The summed E-state index contributed by atoms with van der Waals surface area (Å²) >= 11 is 6.24. The third-order valence-corrected chi connectivity index (χ3v) is 4.56. The molecule has 2 atom stereocenters. The van der Waals surface area contributed by atoms with Crippen LogP contribution >= 0.6 is 11.6 Å². The highest BCUT2D eigenvalue weighted by Crippen LogP contribution is 2.29. The van der Waals surface area contributed by atoms with E-state index in [1.807, 2.05) is 30.3 Å². The molecular weight excluding hydrogens is 272 g/mol. The van der Waals surface area contributed by atoms with Crippen molar-refractivity contribution >= 4 is 28.4 Å². The van der Waals surface area contributed by atoms with E-state index in [0.717, 1.165) is 30.2 Å². The number of nitrogens with one attached hydrogen (secondary N) is 1. The average molecular weight is 289 g/mol. The van der Waals surface area contributed by atoms with Gasteiger partial charge in [0.05, 0.1) is 5.52 Å². The Morgan fingerprint density at radius 3 is 3.00 bits per heavy atom. The molecule has 2 aromatic rings. The maximum Gasteiger partial charge on any atom is 0.251 e. The number of hydrogen-bond acceptors (Lipinski definition) is 2. The highest BCUT2D eigenvalue weighted by molar-refractivity contribution is 6.21. The van der Waals surface area contributed by atoms with Gasteiger partial charge in [-0.25, -0.2) is 0 Å². The van der Waals surface area contributed by atoms with Crippen molar-refractivity contribution in [3.05, 3.63) is 42.1 Å². The van der Waals surface area contributed by atoms with Gasteiger partial charge in [-0.2, -0.15) is 0 Å². The number of amides is 1. The molecule has 0 radical (unpaired) electrons. The monoisotopic (exact) mass is 288 g/mol. The maximum absolute atomic E-state index is 12.3. The van der Waals surface area contributed by atoms with E-state index < -0.39 is 0 Å². The van der Waals surface area contributed by atoms with Crippen LogP contribution in [0, 0.1) is 5.92 Å².